The van der Waals surface area contributed by atoms with E-state index in [4.69, 9.17) is 5.26 Å². The Morgan fingerprint density at radius 3 is 2.45 bits per heavy atom. The number of unbranched alkanes of at least 4 members (excludes halogenated alkanes) is 1. The fourth-order valence-corrected chi connectivity index (χ4v) is 3.92. The first-order chi connectivity index (χ1) is 15.3. The number of rotatable bonds is 8. The maximum atomic E-state index is 9.01. The average Bonchev–Trinajstić information content (AvgIpc) is 3.26. The summed E-state index contributed by atoms with van der Waals surface area (Å²) in [5.74, 6) is 0. The molecule has 1 heterocycles. The van der Waals surface area contributed by atoms with Crippen LogP contribution in [0.3, 0.4) is 0 Å². The van der Waals surface area contributed by atoms with Crippen molar-refractivity contribution in [2.75, 3.05) is 0 Å². The minimum absolute atomic E-state index is 0.691. The third-order valence-corrected chi connectivity index (χ3v) is 5.72. The van der Waals surface area contributed by atoms with Crippen molar-refractivity contribution >= 4 is 0 Å². The lowest BCUT2D eigenvalue weighted by Gasteiger charge is -2.15. The largest absolute Gasteiger partial charge is 0.330 e. The fourth-order valence-electron chi connectivity index (χ4n) is 3.92. The summed E-state index contributed by atoms with van der Waals surface area (Å²) in [4.78, 5) is 4.42. The molecule has 0 saturated carbocycles. The molecule has 0 bridgehead atoms. The predicted octanol–water partition coefficient (Wildman–Crippen LogP) is 6.40. The highest BCUT2D eigenvalue weighted by Gasteiger charge is 2.10. The highest BCUT2D eigenvalue weighted by molar-refractivity contribution is 5.64. The second-order valence-corrected chi connectivity index (χ2v) is 7.95. The van der Waals surface area contributed by atoms with Gasteiger partial charge in [-0.3, -0.25) is 0 Å². The maximum absolute atomic E-state index is 9.01. The first-order valence-electron chi connectivity index (χ1n) is 10.9. The molecule has 0 N–H and O–H groups in total. The summed E-state index contributed by atoms with van der Waals surface area (Å²) in [5, 5.41) is 9.01. The van der Waals surface area contributed by atoms with Crippen LogP contribution < -0.4 is 0 Å². The van der Waals surface area contributed by atoms with Crippen LogP contribution in [0.15, 0.2) is 85.3 Å². The molecule has 4 aromatic rings. The van der Waals surface area contributed by atoms with E-state index in [1.54, 1.807) is 0 Å². The maximum Gasteiger partial charge on any atom is 0.0991 e. The van der Waals surface area contributed by atoms with Gasteiger partial charge in [0.15, 0.2) is 0 Å². The molecule has 1 aromatic heterocycles. The SMILES string of the molecule is CCCCc1cc(-c2ccccc2)ccc1Cn1cncc1Cc1ccc(C#N)cc1. The molecule has 154 valence electrons. The number of aryl methyl sites for hydroxylation is 1. The van der Waals surface area contributed by atoms with Crippen LogP contribution >= 0.6 is 0 Å². The Hall–Kier alpha value is -3.64. The third kappa shape index (κ3) is 5.10. The number of hydrogen-bond acceptors (Lipinski definition) is 2. The third-order valence-electron chi connectivity index (χ3n) is 5.72. The van der Waals surface area contributed by atoms with Crippen molar-refractivity contribution in [1.29, 1.82) is 5.26 Å². The van der Waals surface area contributed by atoms with E-state index in [-0.39, 0.29) is 0 Å². The number of hydrogen-bond donors (Lipinski definition) is 0. The van der Waals surface area contributed by atoms with Crippen molar-refractivity contribution in [3.05, 3.63) is 113 Å². The predicted molar refractivity (Wildman–Crippen MR) is 126 cm³/mol. The van der Waals surface area contributed by atoms with Gasteiger partial charge in [-0.2, -0.15) is 5.26 Å². The van der Waals surface area contributed by atoms with E-state index >= 15 is 0 Å². The van der Waals surface area contributed by atoms with Gasteiger partial charge in [-0.15, -0.1) is 0 Å². The van der Waals surface area contributed by atoms with Crippen LogP contribution in [0, 0.1) is 11.3 Å². The second-order valence-electron chi connectivity index (χ2n) is 7.95. The second kappa shape index (κ2) is 9.91. The van der Waals surface area contributed by atoms with Crippen molar-refractivity contribution in [2.24, 2.45) is 0 Å². The van der Waals surface area contributed by atoms with Gasteiger partial charge in [-0.25, -0.2) is 4.98 Å². The van der Waals surface area contributed by atoms with Crippen LogP contribution in [0.1, 0.15) is 47.7 Å². The van der Waals surface area contributed by atoms with E-state index in [1.807, 2.05) is 36.8 Å². The number of nitrogens with zero attached hydrogens (tertiary/aromatic N) is 3. The lowest BCUT2D eigenvalue weighted by Crippen LogP contribution is -2.07. The van der Waals surface area contributed by atoms with Crippen LogP contribution in [0.5, 0.6) is 0 Å². The van der Waals surface area contributed by atoms with Crippen LogP contribution in [0.4, 0.5) is 0 Å². The van der Waals surface area contributed by atoms with Crippen molar-refractivity contribution in [1.82, 2.24) is 9.55 Å². The van der Waals surface area contributed by atoms with E-state index in [2.05, 4.69) is 71.1 Å². The number of nitriles is 1. The van der Waals surface area contributed by atoms with Crippen LogP contribution in [0.25, 0.3) is 11.1 Å². The molecule has 3 nitrogen and oxygen atoms in total. The molecular weight excluding hydrogens is 378 g/mol. The standard InChI is InChI=1S/C28H27N3/c1-2-3-7-25-17-26(24-8-5-4-6-9-24)14-15-27(25)20-31-21-30-19-28(31)16-22-10-12-23(18-29)13-11-22/h4-6,8-15,17,19,21H,2-3,7,16,20H2,1H3. The smallest absolute Gasteiger partial charge is 0.0991 e. The van der Waals surface area contributed by atoms with Crippen LogP contribution in [-0.4, -0.2) is 9.55 Å². The first-order valence-corrected chi connectivity index (χ1v) is 10.9. The molecule has 0 spiro atoms. The summed E-state index contributed by atoms with van der Waals surface area (Å²) in [6, 6.07) is 27.4. The quantitative estimate of drug-likeness (QED) is 0.340. The molecule has 0 aliphatic carbocycles. The Balaban J connectivity index is 1.58. The summed E-state index contributed by atoms with van der Waals surface area (Å²) < 4.78 is 2.24. The number of benzene rings is 3. The number of imidazole rings is 1. The molecule has 3 aromatic carbocycles. The molecule has 31 heavy (non-hydrogen) atoms. The van der Waals surface area contributed by atoms with Gasteiger partial charge in [0.25, 0.3) is 0 Å². The van der Waals surface area contributed by atoms with E-state index in [9.17, 15) is 0 Å². The van der Waals surface area contributed by atoms with Gasteiger partial charge in [-0.1, -0.05) is 74.0 Å². The molecule has 0 aliphatic rings. The van der Waals surface area contributed by atoms with Gasteiger partial charge in [0, 0.05) is 24.9 Å². The molecule has 0 amide bonds. The molecule has 4 rings (SSSR count). The summed E-state index contributed by atoms with van der Waals surface area (Å²) >= 11 is 0. The molecule has 3 heteroatoms. The van der Waals surface area contributed by atoms with E-state index in [0.29, 0.717) is 5.56 Å². The molecular formula is C28H27N3. The Labute approximate surface area is 184 Å². The van der Waals surface area contributed by atoms with Gasteiger partial charge < -0.3 is 4.57 Å². The van der Waals surface area contributed by atoms with Gasteiger partial charge in [0.2, 0.25) is 0 Å². The molecule has 0 saturated heterocycles. The Kier molecular flexibility index (Phi) is 6.59. The van der Waals surface area contributed by atoms with E-state index < -0.39 is 0 Å². The Morgan fingerprint density at radius 2 is 1.71 bits per heavy atom. The summed E-state index contributed by atoms with van der Waals surface area (Å²) in [6.07, 6.45) is 8.14. The zero-order valence-electron chi connectivity index (χ0n) is 18.0. The molecule has 0 radical (unpaired) electrons. The van der Waals surface area contributed by atoms with E-state index in [1.165, 1.54) is 46.4 Å². The van der Waals surface area contributed by atoms with Crippen LogP contribution in [0.2, 0.25) is 0 Å². The van der Waals surface area contributed by atoms with Crippen molar-refractivity contribution in [3.8, 4) is 17.2 Å². The van der Waals surface area contributed by atoms with E-state index in [0.717, 1.165) is 19.4 Å². The van der Waals surface area contributed by atoms with Gasteiger partial charge in [0.05, 0.1) is 18.0 Å². The zero-order chi connectivity index (χ0) is 21.5. The molecule has 0 atom stereocenters. The average molecular weight is 406 g/mol. The molecule has 0 aliphatic heterocycles. The minimum atomic E-state index is 0.691. The fraction of sp³-hybridized carbons (Fsp3) is 0.214. The summed E-state index contributed by atoms with van der Waals surface area (Å²) in [6.45, 7) is 3.06. The van der Waals surface area contributed by atoms with Crippen molar-refractivity contribution < 1.29 is 0 Å². The summed E-state index contributed by atoms with van der Waals surface area (Å²) in [7, 11) is 0. The van der Waals surface area contributed by atoms with Gasteiger partial charge >= 0.3 is 0 Å². The Bertz CT molecular complexity index is 1170. The van der Waals surface area contributed by atoms with Gasteiger partial charge in [-0.05, 0) is 52.8 Å². The van der Waals surface area contributed by atoms with Crippen molar-refractivity contribution in [3.63, 3.8) is 0 Å². The molecule has 0 unspecified atom stereocenters. The Morgan fingerprint density at radius 1 is 0.903 bits per heavy atom. The summed E-state index contributed by atoms with van der Waals surface area (Å²) in [5.41, 5.74) is 8.37. The number of aromatic nitrogens is 2. The van der Waals surface area contributed by atoms with Crippen molar-refractivity contribution in [2.45, 2.75) is 39.2 Å². The monoisotopic (exact) mass is 405 g/mol. The lowest BCUT2D eigenvalue weighted by molar-refractivity contribution is 0.730. The van der Waals surface area contributed by atoms with Gasteiger partial charge in [0.1, 0.15) is 0 Å². The topological polar surface area (TPSA) is 41.6 Å². The highest BCUT2D eigenvalue weighted by Crippen LogP contribution is 2.25. The lowest BCUT2D eigenvalue weighted by atomic mass is 9.96. The normalized spacial score (nSPS) is 10.7. The molecule has 0 fully saturated rings. The van der Waals surface area contributed by atoms with Crippen LogP contribution in [-0.2, 0) is 19.4 Å². The highest BCUT2D eigenvalue weighted by atomic mass is 15.0. The zero-order valence-corrected chi connectivity index (χ0v) is 18.0. The minimum Gasteiger partial charge on any atom is -0.330 e. The first kappa shape index (κ1) is 20.6.